The lowest BCUT2D eigenvalue weighted by Crippen LogP contribution is -2.53. The van der Waals surface area contributed by atoms with Crippen LogP contribution in [0.15, 0.2) is 0 Å². The summed E-state index contributed by atoms with van der Waals surface area (Å²) in [5, 5.41) is 5.07. The number of primary sulfonamides is 1. The first-order valence-electron chi connectivity index (χ1n) is 7.48. The Morgan fingerprint density at radius 3 is 2.33 bits per heavy atom. The third-order valence-electron chi connectivity index (χ3n) is 4.57. The summed E-state index contributed by atoms with van der Waals surface area (Å²) in [7, 11) is -3.39. The Balaban J connectivity index is 1.83. The molecule has 0 bridgehead atoms. The van der Waals surface area contributed by atoms with E-state index in [0.29, 0.717) is 18.5 Å². The maximum Gasteiger partial charge on any atom is 0.219 e. The number of hydrogen-bond donors (Lipinski definition) is 1. The molecular formula is C13H26N4O3S. The summed E-state index contributed by atoms with van der Waals surface area (Å²) in [6.45, 7) is 9.50. The van der Waals surface area contributed by atoms with Crippen LogP contribution in [0.5, 0.6) is 0 Å². The lowest BCUT2D eigenvalue weighted by Gasteiger charge is -2.39. The number of carbonyl (C=O) groups excluding carboxylic acids is 1. The molecule has 21 heavy (non-hydrogen) atoms. The van der Waals surface area contributed by atoms with Gasteiger partial charge in [-0.25, -0.2) is 13.6 Å². The largest absolute Gasteiger partial charge is 0.340 e. The van der Waals surface area contributed by atoms with Gasteiger partial charge in [0, 0.05) is 58.8 Å². The van der Waals surface area contributed by atoms with E-state index in [0.717, 1.165) is 39.3 Å². The van der Waals surface area contributed by atoms with Gasteiger partial charge in [-0.15, -0.1) is 0 Å². The van der Waals surface area contributed by atoms with Crippen LogP contribution in [0.1, 0.15) is 13.8 Å². The molecule has 8 heteroatoms. The Hall–Kier alpha value is -0.700. The molecule has 2 rings (SSSR count). The molecule has 0 unspecified atom stereocenters. The van der Waals surface area contributed by atoms with Gasteiger partial charge in [0.05, 0.1) is 5.75 Å². The van der Waals surface area contributed by atoms with E-state index in [1.165, 1.54) is 0 Å². The molecule has 0 aromatic carbocycles. The van der Waals surface area contributed by atoms with Crippen LogP contribution in [0.2, 0.25) is 0 Å². The number of sulfonamides is 1. The zero-order valence-electron chi connectivity index (χ0n) is 12.9. The van der Waals surface area contributed by atoms with Gasteiger partial charge in [0.15, 0.2) is 0 Å². The minimum atomic E-state index is -3.39. The molecular weight excluding hydrogens is 292 g/mol. The fourth-order valence-electron chi connectivity index (χ4n) is 3.33. The van der Waals surface area contributed by atoms with Gasteiger partial charge in [-0.05, 0) is 5.92 Å². The molecule has 2 aliphatic heterocycles. The maximum absolute atomic E-state index is 11.4. The van der Waals surface area contributed by atoms with Crippen molar-refractivity contribution in [3.8, 4) is 0 Å². The number of nitrogens with two attached hydrogens (primary N) is 1. The second-order valence-electron chi connectivity index (χ2n) is 6.21. The zero-order chi connectivity index (χ0) is 15.6. The van der Waals surface area contributed by atoms with E-state index < -0.39 is 10.0 Å². The highest BCUT2D eigenvalue weighted by atomic mass is 32.2. The van der Waals surface area contributed by atoms with Crippen LogP contribution in [0.25, 0.3) is 0 Å². The zero-order valence-corrected chi connectivity index (χ0v) is 13.7. The van der Waals surface area contributed by atoms with Crippen LogP contribution in [0.4, 0.5) is 0 Å². The van der Waals surface area contributed by atoms with E-state index in [-0.39, 0.29) is 11.7 Å². The number of amides is 1. The van der Waals surface area contributed by atoms with E-state index in [9.17, 15) is 13.2 Å². The first-order valence-corrected chi connectivity index (χ1v) is 9.20. The highest BCUT2D eigenvalue weighted by Gasteiger charge is 2.35. The predicted molar refractivity (Wildman–Crippen MR) is 81.2 cm³/mol. The average Bonchev–Trinajstić information content (AvgIpc) is 2.77. The lowest BCUT2D eigenvalue weighted by molar-refractivity contribution is -0.130. The summed E-state index contributed by atoms with van der Waals surface area (Å²) in [5.74, 6) is 0.670. The fraction of sp³-hybridized carbons (Fsp3) is 0.923. The molecule has 2 saturated heterocycles. The first kappa shape index (κ1) is 16.7. The third-order valence-corrected chi connectivity index (χ3v) is 5.32. The Bertz CT molecular complexity index is 474. The monoisotopic (exact) mass is 318 g/mol. The van der Waals surface area contributed by atoms with Crippen LogP contribution in [0, 0.1) is 5.92 Å². The standard InChI is InChI=1S/C13H26N4O3S/c1-11-9-15(7-8-21(14,19)20)10-13(11)17-5-3-16(4-6-17)12(2)18/h11,13H,3-10H2,1-2H3,(H2,14,19,20)/t11-,13-/m0/s1. The van der Waals surface area contributed by atoms with Crippen molar-refractivity contribution in [3.05, 3.63) is 0 Å². The predicted octanol–water partition coefficient (Wildman–Crippen LogP) is -1.24. The van der Waals surface area contributed by atoms with Crippen LogP contribution in [-0.2, 0) is 14.8 Å². The van der Waals surface area contributed by atoms with Crippen LogP contribution in [0.3, 0.4) is 0 Å². The number of piperazine rings is 1. The van der Waals surface area contributed by atoms with E-state index >= 15 is 0 Å². The first-order chi connectivity index (χ1) is 9.76. The summed E-state index contributed by atoms with van der Waals surface area (Å²) in [6, 6.07) is 0.444. The van der Waals surface area contributed by atoms with Gasteiger partial charge in [0.2, 0.25) is 15.9 Å². The van der Waals surface area contributed by atoms with E-state index in [4.69, 9.17) is 5.14 Å². The lowest BCUT2D eigenvalue weighted by atomic mass is 10.0. The highest BCUT2D eigenvalue weighted by molar-refractivity contribution is 7.89. The molecule has 1 amide bonds. The molecule has 7 nitrogen and oxygen atoms in total. The smallest absolute Gasteiger partial charge is 0.219 e. The van der Waals surface area contributed by atoms with Crippen molar-refractivity contribution in [1.29, 1.82) is 0 Å². The second-order valence-corrected chi connectivity index (χ2v) is 7.95. The van der Waals surface area contributed by atoms with Crippen molar-refractivity contribution in [2.75, 3.05) is 51.6 Å². The molecule has 122 valence electrons. The third kappa shape index (κ3) is 4.64. The van der Waals surface area contributed by atoms with Gasteiger partial charge in [0.25, 0.3) is 0 Å². The topological polar surface area (TPSA) is 86.9 Å². The van der Waals surface area contributed by atoms with Crippen molar-refractivity contribution in [3.63, 3.8) is 0 Å². The highest BCUT2D eigenvalue weighted by Crippen LogP contribution is 2.22. The van der Waals surface area contributed by atoms with Gasteiger partial charge >= 0.3 is 0 Å². The van der Waals surface area contributed by atoms with Gasteiger partial charge in [-0.2, -0.15) is 0 Å². The molecule has 0 aromatic heterocycles. The molecule has 0 radical (unpaired) electrons. The SMILES string of the molecule is CC(=O)N1CCN([C@H]2CN(CCS(N)(=O)=O)C[C@@H]2C)CC1. The molecule has 0 aliphatic carbocycles. The number of nitrogens with zero attached hydrogens (tertiary/aromatic N) is 3. The molecule has 2 heterocycles. The molecule has 0 saturated carbocycles. The number of rotatable bonds is 4. The molecule has 2 N–H and O–H groups in total. The molecule has 2 fully saturated rings. The van der Waals surface area contributed by atoms with Gasteiger partial charge < -0.3 is 9.80 Å². The van der Waals surface area contributed by atoms with Crippen LogP contribution < -0.4 is 5.14 Å². The van der Waals surface area contributed by atoms with E-state index in [2.05, 4.69) is 16.7 Å². The Labute approximate surface area is 127 Å². The van der Waals surface area contributed by atoms with Crippen molar-refractivity contribution >= 4 is 15.9 Å². The number of hydrogen-bond acceptors (Lipinski definition) is 5. The van der Waals surface area contributed by atoms with Gasteiger partial charge in [0.1, 0.15) is 0 Å². The maximum atomic E-state index is 11.4. The average molecular weight is 318 g/mol. The summed E-state index contributed by atoms with van der Waals surface area (Å²) in [4.78, 5) is 17.8. The second kappa shape index (κ2) is 6.60. The number of carbonyl (C=O) groups is 1. The van der Waals surface area contributed by atoms with Crippen molar-refractivity contribution < 1.29 is 13.2 Å². The molecule has 0 spiro atoms. The van der Waals surface area contributed by atoms with Gasteiger partial charge in [-0.3, -0.25) is 9.69 Å². The van der Waals surface area contributed by atoms with E-state index in [1.807, 2.05) is 4.90 Å². The van der Waals surface area contributed by atoms with Gasteiger partial charge in [-0.1, -0.05) is 6.92 Å². The number of likely N-dealkylation sites (tertiary alicyclic amines) is 1. The summed E-state index contributed by atoms with van der Waals surface area (Å²) in [6.07, 6.45) is 0. The van der Waals surface area contributed by atoms with Crippen molar-refractivity contribution in [2.24, 2.45) is 11.1 Å². The normalized spacial score (nSPS) is 29.0. The Morgan fingerprint density at radius 2 is 1.81 bits per heavy atom. The van der Waals surface area contributed by atoms with Crippen molar-refractivity contribution in [2.45, 2.75) is 19.9 Å². The fourth-order valence-corrected chi connectivity index (χ4v) is 3.84. The van der Waals surface area contributed by atoms with Crippen LogP contribution >= 0.6 is 0 Å². The quantitative estimate of drug-likeness (QED) is 0.700. The molecule has 2 aliphatic rings. The Kier molecular flexibility index (Phi) is 5.24. The van der Waals surface area contributed by atoms with E-state index in [1.54, 1.807) is 6.92 Å². The molecule has 2 atom stereocenters. The summed E-state index contributed by atoms with van der Waals surface area (Å²) >= 11 is 0. The van der Waals surface area contributed by atoms with Crippen LogP contribution in [-0.4, -0.2) is 86.6 Å². The van der Waals surface area contributed by atoms with Crippen molar-refractivity contribution in [1.82, 2.24) is 14.7 Å². The Morgan fingerprint density at radius 1 is 1.19 bits per heavy atom. The minimum absolute atomic E-state index is 0.0184. The summed E-state index contributed by atoms with van der Waals surface area (Å²) < 4.78 is 22.1. The summed E-state index contributed by atoms with van der Waals surface area (Å²) in [5.41, 5.74) is 0. The minimum Gasteiger partial charge on any atom is -0.340 e. The molecule has 0 aromatic rings.